The predicted molar refractivity (Wildman–Crippen MR) is 149 cm³/mol. The minimum atomic E-state index is -0.559. The van der Waals surface area contributed by atoms with Crippen molar-refractivity contribution in [2.24, 2.45) is 11.1 Å². The summed E-state index contributed by atoms with van der Waals surface area (Å²) in [7, 11) is 1.60. The Bertz CT molecular complexity index is 1020. The van der Waals surface area contributed by atoms with Crippen LogP contribution < -0.4 is 25.8 Å². The average Bonchev–Trinajstić information content (AvgIpc) is 2.84. The Morgan fingerprint density at radius 2 is 1.78 bits per heavy atom. The molecule has 0 fully saturated rings. The molecule has 0 heterocycles. The third kappa shape index (κ3) is 9.66. The van der Waals surface area contributed by atoms with Crippen molar-refractivity contribution in [1.29, 1.82) is 0 Å². The van der Waals surface area contributed by atoms with Crippen LogP contribution in [0, 0.1) is 19.3 Å². The Morgan fingerprint density at radius 1 is 1.06 bits per heavy atom. The highest BCUT2D eigenvalue weighted by atomic mass is 32.1. The van der Waals surface area contributed by atoms with Gasteiger partial charge in [-0.25, -0.2) is 0 Å². The van der Waals surface area contributed by atoms with Gasteiger partial charge >= 0.3 is 5.97 Å². The van der Waals surface area contributed by atoms with Crippen LogP contribution in [0.4, 0.5) is 0 Å². The highest BCUT2D eigenvalue weighted by Crippen LogP contribution is 2.28. The van der Waals surface area contributed by atoms with E-state index < -0.39 is 5.41 Å². The van der Waals surface area contributed by atoms with Crippen molar-refractivity contribution in [3.63, 3.8) is 0 Å². The van der Waals surface area contributed by atoms with Gasteiger partial charge in [-0.15, -0.1) is 0 Å². The molecule has 0 bridgehead atoms. The zero-order valence-electron chi connectivity index (χ0n) is 22.4. The van der Waals surface area contributed by atoms with Gasteiger partial charge in [-0.05, 0) is 94.1 Å². The summed E-state index contributed by atoms with van der Waals surface area (Å²) in [5.41, 5.74) is 9.73. The molecule has 0 radical (unpaired) electrons. The number of hydrogen-bond donors (Lipinski definition) is 3. The Hall–Kier alpha value is -2.84. The highest BCUT2D eigenvalue weighted by Gasteiger charge is 2.24. The normalized spacial score (nSPS) is 12.0. The van der Waals surface area contributed by atoms with Crippen LogP contribution in [0.2, 0.25) is 0 Å². The molecule has 2 aromatic carbocycles. The van der Waals surface area contributed by atoms with E-state index in [1.54, 1.807) is 7.11 Å². The van der Waals surface area contributed by atoms with Gasteiger partial charge in [0.25, 0.3) is 0 Å². The third-order valence-corrected chi connectivity index (χ3v) is 6.03. The molecule has 0 spiro atoms. The first kappa shape index (κ1) is 29.4. The molecule has 0 aliphatic rings. The van der Waals surface area contributed by atoms with E-state index in [9.17, 15) is 4.79 Å². The largest absolute Gasteiger partial charge is 0.493 e. The number of thiocarbonyl (C=S) groups is 1. The summed E-state index contributed by atoms with van der Waals surface area (Å²) in [4.78, 5) is 12.3. The average molecular weight is 516 g/mol. The molecule has 1 unspecified atom stereocenters. The first-order chi connectivity index (χ1) is 17.0. The van der Waals surface area contributed by atoms with Crippen molar-refractivity contribution in [2.45, 2.75) is 60.0 Å². The van der Waals surface area contributed by atoms with E-state index in [1.165, 1.54) is 16.7 Å². The lowest BCUT2D eigenvalue weighted by atomic mass is 9.97. The van der Waals surface area contributed by atoms with Crippen molar-refractivity contribution < 1.29 is 19.0 Å². The summed E-state index contributed by atoms with van der Waals surface area (Å²) in [6, 6.07) is 12.1. The minimum Gasteiger partial charge on any atom is -0.493 e. The summed E-state index contributed by atoms with van der Waals surface area (Å²) >= 11 is 5.56. The lowest BCUT2D eigenvalue weighted by Gasteiger charge is -2.24. The summed E-state index contributed by atoms with van der Waals surface area (Å²) in [5, 5.41) is 7.07. The van der Waals surface area contributed by atoms with Gasteiger partial charge in [-0.2, -0.15) is 0 Å². The van der Waals surface area contributed by atoms with Crippen molar-refractivity contribution in [2.75, 3.05) is 26.9 Å². The van der Waals surface area contributed by atoms with Crippen molar-refractivity contribution in [3.8, 4) is 11.5 Å². The zero-order valence-corrected chi connectivity index (χ0v) is 23.2. The zero-order chi connectivity index (χ0) is 26.7. The van der Waals surface area contributed by atoms with Crippen LogP contribution in [0.1, 0.15) is 49.4 Å². The molecule has 7 nitrogen and oxygen atoms in total. The second kappa shape index (κ2) is 14.0. The number of carbonyl (C=O) groups is 1. The summed E-state index contributed by atoms with van der Waals surface area (Å²) in [6.45, 7) is 11.4. The summed E-state index contributed by atoms with van der Waals surface area (Å²) < 4.78 is 16.7. The minimum absolute atomic E-state index is 0.125. The number of methoxy groups -OCH3 is 1. The fourth-order valence-corrected chi connectivity index (χ4v) is 3.66. The standard InChI is InChI=1S/C28H41N3O4S/c1-19-7-8-21(15-20(19)2)9-11-23(18-35-26(32)28(3,4)5)31-27(36)30-17-22-10-12-24(34-14-13-29)25(16-22)33-6/h7-8,10,12,15-16,23H,9,11,13-14,17-18,29H2,1-6H3,(H2,30,31,36). The van der Waals surface area contributed by atoms with Crippen LogP contribution in [0.5, 0.6) is 11.5 Å². The number of rotatable bonds is 12. The number of benzene rings is 2. The number of nitrogens with one attached hydrogen (secondary N) is 2. The van der Waals surface area contributed by atoms with Gasteiger partial charge in [0.15, 0.2) is 16.6 Å². The van der Waals surface area contributed by atoms with Gasteiger partial charge in [0.2, 0.25) is 0 Å². The molecule has 8 heteroatoms. The van der Waals surface area contributed by atoms with E-state index in [2.05, 4.69) is 42.7 Å². The van der Waals surface area contributed by atoms with Crippen LogP contribution in [-0.4, -0.2) is 44.0 Å². The van der Waals surface area contributed by atoms with Crippen molar-refractivity contribution in [1.82, 2.24) is 10.6 Å². The van der Waals surface area contributed by atoms with Crippen molar-refractivity contribution >= 4 is 23.3 Å². The molecule has 4 N–H and O–H groups in total. The molecule has 1 atom stereocenters. The smallest absolute Gasteiger partial charge is 0.311 e. The van der Waals surface area contributed by atoms with E-state index in [1.807, 2.05) is 39.0 Å². The van der Waals surface area contributed by atoms with Gasteiger partial charge in [0.05, 0.1) is 18.6 Å². The molecule has 0 amide bonds. The lowest BCUT2D eigenvalue weighted by Crippen LogP contribution is -2.45. The molecule has 0 saturated carbocycles. The van der Waals surface area contributed by atoms with E-state index in [4.69, 9.17) is 32.2 Å². The number of nitrogens with two attached hydrogens (primary N) is 1. The molecular formula is C28H41N3O4S. The first-order valence-corrected chi connectivity index (χ1v) is 12.7. The first-order valence-electron chi connectivity index (χ1n) is 12.3. The molecule has 0 aromatic heterocycles. The number of hydrogen-bond acceptors (Lipinski definition) is 6. The Labute approximate surface area is 221 Å². The summed E-state index contributed by atoms with van der Waals surface area (Å²) in [5.74, 6) is 1.06. The number of aryl methyl sites for hydroxylation is 3. The van der Waals surface area contributed by atoms with E-state index >= 15 is 0 Å². The topological polar surface area (TPSA) is 94.8 Å². The van der Waals surface area contributed by atoms with Crippen molar-refractivity contribution in [3.05, 3.63) is 58.7 Å². The van der Waals surface area contributed by atoms with Crippen LogP contribution in [0.25, 0.3) is 0 Å². The Balaban J connectivity index is 1.99. The lowest BCUT2D eigenvalue weighted by molar-refractivity contribution is -0.153. The fraction of sp³-hybridized carbons (Fsp3) is 0.500. The summed E-state index contributed by atoms with van der Waals surface area (Å²) in [6.07, 6.45) is 1.61. The predicted octanol–water partition coefficient (Wildman–Crippen LogP) is 4.20. The van der Waals surface area contributed by atoms with Crippen LogP contribution in [0.15, 0.2) is 36.4 Å². The number of carbonyl (C=O) groups excluding carboxylic acids is 1. The fourth-order valence-electron chi connectivity index (χ4n) is 3.42. The quantitative estimate of drug-likeness (QED) is 0.286. The maximum atomic E-state index is 12.3. The number of esters is 1. The Morgan fingerprint density at radius 3 is 2.42 bits per heavy atom. The molecule has 0 aliphatic heterocycles. The molecule has 2 aromatic rings. The molecular weight excluding hydrogens is 474 g/mol. The molecule has 2 rings (SSSR count). The van der Waals surface area contributed by atoms with Gasteiger partial charge in [-0.1, -0.05) is 24.3 Å². The Kier molecular flexibility index (Phi) is 11.5. The SMILES string of the molecule is COc1cc(CNC(=S)NC(CCc2ccc(C)c(C)c2)COC(=O)C(C)(C)C)ccc1OCCN. The number of ether oxygens (including phenoxy) is 3. The van der Waals surface area contributed by atoms with Gasteiger partial charge in [0, 0.05) is 13.1 Å². The molecule has 36 heavy (non-hydrogen) atoms. The maximum absolute atomic E-state index is 12.3. The van der Waals surface area contributed by atoms with Crippen LogP contribution >= 0.6 is 12.2 Å². The second-order valence-corrected chi connectivity index (χ2v) is 10.4. The second-order valence-electron chi connectivity index (χ2n) is 9.95. The van der Waals surface area contributed by atoms with Gasteiger partial charge in [0.1, 0.15) is 13.2 Å². The monoisotopic (exact) mass is 515 g/mol. The van der Waals surface area contributed by atoms with E-state index in [0.717, 1.165) is 18.4 Å². The van der Waals surface area contributed by atoms with E-state index in [0.29, 0.717) is 36.3 Å². The molecule has 0 aliphatic carbocycles. The third-order valence-electron chi connectivity index (χ3n) is 5.77. The highest BCUT2D eigenvalue weighted by molar-refractivity contribution is 7.80. The van der Waals surface area contributed by atoms with Crippen LogP contribution in [-0.2, 0) is 22.5 Å². The van der Waals surface area contributed by atoms with Crippen LogP contribution in [0.3, 0.4) is 0 Å². The molecule has 0 saturated heterocycles. The van der Waals surface area contributed by atoms with Gasteiger partial charge < -0.3 is 30.6 Å². The molecule has 198 valence electrons. The van der Waals surface area contributed by atoms with E-state index in [-0.39, 0.29) is 18.6 Å². The maximum Gasteiger partial charge on any atom is 0.311 e. The van der Waals surface area contributed by atoms with Gasteiger partial charge in [-0.3, -0.25) is 4.79 Å².